The second kappa shape index (κ2) is 5.20. The van der Waals surface area contributed by atoms with E-state index in [1.807, 2.05) is 13.8 Å². The zero-order valence-corrected chi connectivity index (χ0v) is 6.60. The molecular weight excluding hydrogens is 132 g/mol. The van der Waals surface area contributed by atoms with Gasteiger partial charge in [-0.3, -0.25) is 10.2 Å². The van der Waals surface area contributed by atoms with E-state index in [4.69, 9.17) is 4.74 Å². The maximum atomic E-state index is 10.6. The predicted molar refractivity (Wildman–Crippen MR) is 38.3 cm³/mol. The fourth-order valence-corrected chi connectivity index (χ4v) is 0.418. The van der Waals surface area contributed by atoms with Crippen LogP contribution in [0.15, 0.2) is 0 Å². The highest BCUT2D eigenvalue weighted by Crippen LogP contribution is 1.85. The van der Waals surface area contributed by atoms with E-state index in [9.17, 15) is 4.79 Å². The lowest BCUT2D eigenvalue weighted by atomic mass is 10.5. The van der Waals surface area contributed by atoms with Gasteiger partial charge < -0.3 is 4.74 Å². The first-order valence-corrected chi connectivity index (χ1v) is 3.24. The summed E-state index contributed by atoms with van der Waals surface area (Å²) in [5, 5.41) is 0. The fraction of sp³-hybridized carbons (Fsp3) is 0.833. The first-order chi connectivity index (χ1) is 4.66. The van der Waals surface area contributed by atoms with Gasteiger partial charge in [0, 0.05) is 7.05 Å². The van der Waals surface area contributed by atoms with E-state index in [2.05, 4.69) is 10.9 Å². The van der Waals surface area contributed by atoms with Gasteiger partial charge in [0.1, 0.15) is 6.61 Å². The minimum absolute atomic E-state index is 0.0996. The molecule has 0 spiro atoms. The number of amides is 1. The third-order valence-electron chi connectivity index (χ3n) is 0.812. The molecular formula is C6H14N2O2. The van der Waals surface area contributed by atoms with Crippen LogP contribution < -0.4 is 10.9 Å². The molecule has 4 nitrogen and oxygen atoms in total. The maximum absolute atomic E-state index is 10.6. The molecule has 0 aromatic heterocycles. The summed E-state index contributed by atoms with van der Waals surface area (Å²) >= 11 is 0. The highest BCUT2D eigenvalue weighted by atomic mass is 16.5. The van der Waals surface area contributed by atoms with Gasteiger partial charge in [-0.2, -0.15) is 0 Å². The van der Waals surface area contributed by atoms with Crippen LogP contribution in [0.1, 0.15) is 13.8 Å². The molecule has 0 fully saturated rings. The summed E-state index contributed by atoms with van der Waals surface area (Å²) in [6.45, 7) is 3.87. The summed E-state index contributed by atoms with van der Waals surface area (Å²) in [6, 6.07) is 0. The highest BCUT2D eigenvalue weighted by Gasteiger charge is 1.99. The lowest BCUT2D eigenvalue weighted by Crippen LogP contribution is -2.37. The molecule has 0 rings (SSSR count). The summed E-state index contributed by atoms with van der Waals surface area (Å²) in [5.74, 6) is -0.156. The smallest absolute Gasteiger partial charge is 0.260 e. The molecule has 0 aliphatic rings. The van der Waals surface area contributed by atoms with Gasteiger partial charge in [0.05, 0.1) is 6.10 Å². The molecule has 0 unspecified atom stereocenters. The minimum atomic E-state index is -0.156. The zero-order chi connectivity index (χ0) is 7.98. The van der Waals surface area contributed by atoms with Crippen LogP contribution in [-0.4, -0.2) is 25.7 Å². The lowest BCUT2D eigenvalue weighted by molar-refractivity contribution is -0.127. The Labute approximate surface area is 60.9 Å². The number of ether oxygens (including phenoxy) is 1. The Morgan fingerprint density at radius 1 is 1.60 bits per heavy atom. The topological polar surface area (TPSA) is 50.4 Å². The van der Waals surface area contributed by atoms with Crippen molar-refractivity contribution in [3.8, 4) is 0 Å². The third kappa shape index (κ3) is 5.53. The number of rotatable bonds is 4. The van der Waals surface area contributed by atoms with E-state index in [-0.39, 0.29) is 18.6 Å². The maximum Gasteiger partial charge on any atom is 0.260 e. The second-order valence-corrected chi connectivity index (χ2v) is 2.16. The summed E-state index contributed by atoms with van der Waals surface area (Å²) in [5.41, 5.74) is 4.90. The van der Waals surface area contributed by atoms with Crippen molar-refractivity contribution in [3.63, 3.8) is 0 Å². The Bertz CT molecular complexity index is 104. The Balaban J connectivity index is 3.22. The van der Waals surface area contributed by atoms with Crippen molar-refractivity contribution < 1.29 is 9.53 Å². The molecule has 0 atom stereocenters. The SMILES string of the molecule is CNNC(=O)COC(C)C. The van der Waals surface area contributed by atoms with Crippen molar-refractivity contribution in [2.75, 3.05) is 13.7 Å². The molecule has 0 heterocycles. The fourth-order valence-electron chi connectivity index (χ4n) is 0.418. The Kier molecular flexibility index (Phi) is 4.88. The Morgan fingerprint density at radius 3 is 2.60 bits per heavy atom. The van der Waals surface area contributed by atoms with Gasteiger partial charge in [0.15, 0.2) is 0 Å². The average Bonchev–Trinajstić information content (AvgIpc) is 1.85. The molecule has 4 heteroatoms. The van der Waals surface area contributed by atoms with Gasteiger partial charge >= 0.3 is 0 Å². The van der Waals surface area contributed by atoms with Crippen molar-refractivity contribution in [1.82, 2.24) is 10.9 Å². The lowest BCUT2D eigenvalue weighted by Gasteiger charge is -2.06. The summed E-state index contributed by atoms with van der Waals surface area (Å²) in [6.07, 6.45) is 0.0996. The Hall–Kier alpha value is -0.610. The van der Waals surface area contributed by atoms with Crippen LogP contribution >= 0.6 is 0 Å². The number of nitrogens with one attached hydrogen (secondary N) is 2. The van der Waals surface area contributed by atoms with Crippen LogP contribution in [0, 0.1) is 0 Å². The van der Waals surface area contributed by atoms with Crippen LogP contribution in [0.3, 0.4) is 0 Å². The van der Waals surface area contributed by atoms with Crippen molar-refractivity contribution in [1.29, 1.82) is 0 Å². The van der Waals surface area contributed by atoms with Gasteiger partial charge in [-0.05, 0) is 13.8 Å². The molecule has 10 heavy (non-hydrogen) atoms. The van der Waals surface area contributed by atoms with Crippen LogP contribution in [0.5, 0.6) is 0 Å². The van der Waals surface area contributed by atoms with E-state index >= 15 is 0 Å². The second-order valence-electron chi connectivity index (χ2n) is 2.16. The van der Waals surface area contributed by atoms with E-state index in [0.29, 0.717) is 0 Å². The molecule has 60 valence electrons. The summed E-state index contributed by atoms with van der Waals surface area (Å²) < 4.78 is 5.00. The van der Waals surface area contributed by atoms with Crippen LogP contribution in [0.25, 0.3) is 0 Å². The first-order valence-electron chi connectivity index (χ1n) is 3.24. The highest BCUT2D eigenvalue weighted by molar-refractivity contribution is 5.76. The van der Waals surface area contributed by atoms with Gasteiger partial charge in [-0.15, -0.1) is 0 Å². The van der Waals surface area contributed by atoms with Crippen molar-refractivity contribution in [2.24, 2.45) is 0 Å². The van der Waals surface area contributed by atoms with Gasteiger partial charge in [-0.25, -0.2) is 5.43 Å². The monoisotopic (exact) mass is 146 g/mol. The van der Waals surface area contributed by atoms with E-state index in [0.717, 1.165) is 0 Å². The molecule has 2 N–H and O–H groups in total. The molecule has 0 saturated carbocycles. The number of hydrazine groups is 1. The average molecular weight is 146 g/mol. The minimum Gasteiger partial charge on any atom is -0.369 e. The molecule has 0 bridgehead atoms. The third-order valence-corrected chi connectivity index (χ3v) is 0.812. The number of hydrogen-bond acceptors (Lipinski definition) is 3. The molecule has 0 saturated heterocycles. The van der Waals surface area contributed by atoms with E-state index in [1.165, 1.54) is 0 Å². The molecule has 0 radical (unpaired) electrons. The normalized spacial score (nSPS) is 10.0. The molecule has 0 aromatic rings. The Morgan fingerprint density at radius 2 is 2.20 bits per heavy atom. The number of carbonyl (C=O) groups excluding carboxylic acids is 1. The molecule has 0 aromatic carbocycles. The molecule has 0 aliphatic heterocycles. The summed E-state index contributed by atoms with van der Waals surface area (Å²) in [4.78, 5) is 10.6. The first kappa shape index (κ1) is 9.39. The van der Waals surface area contributed by atoms with Crippen LogP contribution in [-0.2, 0) is 9.53 Å². The van der Waals surface area contributed by atoms with Gasteiger partial charge in [0.2, 0.25) is 0 Å². The summed E-state index contributed by atoms with van der Waals surface area (Å²) in [7, 11) is 1.63. The van der Waals surface area contributed by atoms with Crippen LogP contribution in [0.4, 0.5) is 0 Å². The zero-order valence-electron chi connectivity index (χ0n) is 6.60. The predicted octanol–water partition coefficient (Wildman–Crippen LogP) is -0.338. The van der Waals surface area contributed by atoms with E-state index in [1.54, 1.807) is 7.05 Å². The van der Waals surface area contributed by atoms with Gasteiger partial charge in [-0.1, -0.05) is 0 Å². The van der Waals surface area contributed by atoms with Crippen molar-refractivity contribution in [3.05, 3.63) is 0 Å². The van der Waals surface area contributed by atoms with Crippen molar-refractivity contribution in [2.45, 2.75) is 20.0 Å². The molecule has 1 amide bonds. The van der Waals surface area contributed by atoms with Crippen LogP contribution in [0.2, 0.25) is 0 Å². The largest absolute Gasteiger partial charge is 0.369 e. The van der Waals surface area contributed by atoms with E-state index < -0.39 is 0 Å². The van der Waals surface area contributed by atoms with Crippen molar-refractivity contribution >= 4 is 5.91 Å². The molecule has 0 aliphatic carbocycles. The van der Waals surface area contributed by atoms with Gasteiger partial charge in [0.25, 0.3) is 5.91 Å². The standard InChI is InChI=1S/C6H14N2O2/c1-5(2)10-4-6(9)8-7-3/h5,7H,4H2,1-3H3,(H,8,9). The quantitative estimate of drug-likeness (QED) is 0.533. The number of hydrogen-bond donors (Lipinski definition) is 2. The number of carbonyl (C=O) groups is 1.